The molecule has 9 rings (SSSR count). The van der Waals surface area contributed by atoms with E-state index in [1.165, 1.54) is 24.3 Å². The second-order valence-corrected chi connectivity index (χ2v) is 13.3. The van der Waals surface area contributed by atoms with Gasteiger partial charge in [-0.2, -0.15) is 0 Å². The van der Waals surface area contributed by atoms with Crippen LogP contribution in [0.15, 0.2) is 206 Å². The van der Waals surface area contributed by atoms with Crippen LogP contribution in [0, 0.1) is 11.6 Å². The van der Waals surface area contributed by atoms with Crippen molar-refractivity contribution >= 4 is 55.7 Å². The van der Waals surface area contributed by atoms with Crippen molar-refractivity contribution in [2.75, 3.05) is 9.80 Å². The monoisotopic (exact) mass is 700 g/mol. The van der Waals surface area contributed by atoms with Gasteiger partial charge in [-0.3, -0.25) is 0 Å². The minimum Gasteiger partial charge on any atom is -0.310 e. The lowest BCUT2D eigenvalue weighted by atomic mass is 9.99. The van der Waals surface area contributed by atoms with Crippen LogP contribution in [-0.2, 0) is 0 Å². The maximum atomic E-state index is 14.0. The van der Waals surface area contributed by atoms with Crippen LogP contribution in [0.5, 0.6) is 0 Å². The number of hydrogen-bond acceptors (Lipinski definition) is 2. The van der Waals surface area contributed by atoms with Crippen LogP contribution in [0.25, 0.3) is 43.8 Å². The zero-order valence-corrected chi connectivity index (χ0v) is 29.3. The molecule has 0 amide bonds. The summed E-state index contributed by atoms with van der Waals surface area (Å²) >= 11 is 0. The summed E-state index contributed by atoms with van der Waals surface area (Å²) in [5.74, 6) is -0.529. The Labute approximate surface area is 313 Å². The number of halogens is 2. The number of nitrogens with zero attached hydrogens (tertiary/aromatic N) is 2. The van der Waals surface area contributed by atoms with Crippen molar-refractivity contribution in [3.05, 3.63) is 218 Å². The Morgan fingerprint density at radius 2 is 0.537 bits per heavy atom. The van der Waals surface area contributed by atoms with E-state index in [0.29, 0.717) is 0 Å². The molecule has 0 heterocycles. The Morgan fingerprint density at radius 1 is 0.259 bits per heavy atom. The van der Waals surface area contributed by atoms with E-state index in [9.17, 15) is 8.78 Å². The summed E-state index contributed by atoms with van der Waals surface area (Å²) in [6.45, 7) is 0. The average molecular weight is 701 g/mol. The van der Waals surface area contributed by atoms with Crippen molar-refractivity contribution in [2.45, 2.75) is 0 Å². The van der Waals surface area contributed by atoms with Gasteiger partial charge in [0.15, 0.2) is 0 Å². The molecule has 0 aliphatic heterocycles. The lowest BCUT2D eigenvalue weighted by Gasteiger charge is -2.27. The normalized spacial score (nSPS) is 11.1. The Hall–Kier alpha value is -7.04. The lowest BCUT2D eigenvalue weighted by molar-refractivity contribution is 0.627. The molecule has 0 radical (unpaired) electrons. The predicted octanol–water partition coefficient (Wildman–Crippen LogP) is 14.5. The van der Waals surface area contributed by atoms with Gasteiger partial charge >= 0.3 is 0 Å². The van der Waals surface area contributed by atoms with E-state index in [-0.39, 0.29) is 11.6 Å². The molecule has 0 aliphatic rings. The van der Waals surface area contributed by atoms with Crippen LogP contribution < -0.4 is 9.80 Å². The molecule has 258 valence electrons. The van der Waals surface area contributed by atoms with Gasteiger partial charge in [-0.1, -0.05) is 121 Å². The summed E-state index contributed by atoms with van der Waals surface area (Å²) in [7, 11) is 0. The van der Waals surface area contributed by atoms with E-state index in [4.69, 9.17) is 0 Å². The summed E-state index contributed by atoms with van der Waals surface area (Å²) < 4.78 is 28.0. The van der Waals surface area contributed by atoms with Gasteiger partial charge < -0.3 is 9.80 Å². The largest absolute Gasteiger partial charge is 0.310 e. The minimum atomic E-state index is -0.265. The minimum absolute atomic E-state index is 0.265. The third-order valence-corrected chi connectivity index (χ3v) is 9.99. The zero-order valence-electron chi connectivity index (χ0n) is 29.3. The molecule has 0 spiro atoms. The van der Waals surface area contributed by atoms with Gasteiger partial charge in [0.1, 0.15) is 11.6 Å². The van der Waals surface area contributed by atoms with Gasteiger partial charge in [0, 0.05) is 33.5 Å². The molecule has 0 saturated heterocycles. The first-order valence-corrected chi connectivity index (χ1v) is 18.0. The highest BCUT2D eigenvalue weighted by Gasteiger charge is 2.17. The SMILES string of the molecule is Fc1ccc(N(c2ccc(-c3ccc(-c4ccc(N(c5ccc(F)cc5)c5cccc6ccccc56)cc4)cc3)cc2)c2cccc3ccccc23)cc1. The molecule has 9 aromatic rings. The van der Waals surface area contributed by atoms with E-state index in [1.54, 1.807) is 0 Å². The molecule has 4 heteroatoms. The molecule has 9 aromatic carbocycles. The number of anilines is 6. The zero-order chi connectivity index (χ0) is 36.4. The van der Waals surface area contributed by atoms with Gasteiger partial charge in [0.2, 0.25) is 0 Å². The third-order valence-electron chi connectivity index (χ3n) is 9.99. The molecule has 0 saturated carbocycles. The third kappa shape index (κ3) is 6.35. The van der Waals surface area contributed by atoms with Crippen molar-refractivity contribution < 1.29 is 8.78 Å². The smallest absolute Gasteiger partial charge is 0.123 e. The van der Waals surface area contributed by atoms with Crippen molar-refractivity contribution in [3.63, 3.8) is 0 Å². The number of rotatable bonds is 8. The van der Waals surface area contributed by atoms with Crippen LogP contribution in [0.4, 0.5) is 42.9 Å². The molecule has 0 bridgehead atoms. The maximum absolute atomic E-state index is 14.0. The van der Waals surface area contributed by atoms with Gasteiger partial charge in [-0.05, 0) is 118 Å². The summed E-state index contributed by atoms with van der Waals surface area (Å²) in [4.78, 5) is 4.35. The van der Waals surface area contributed by atoms with E-state index in [2.05, 4.69) is 143 Å². The van der Waals surface area contributed by atoms with Crippen molar-refractivity contribution in [3.8, 4) is 22.3 Å². The van der Waals surface area contributed by atoms with Crippen LogP contribution in [0.1, 0.15) is 0 Å². The Morgan fingerprint density at radius 3 is 0.889 bits per heavy atom. The summed E-state index contributed by atoms with van der Waals surface area (Å²) in [6, 6.07) is 68.1. The lowest BCUT2D eigenvalue weighted by Crippen LogP contribution is -2.10. The summed E-state index contributed by atoms with van der Waals surface area (Å²) in [5.41, 5.74) is 10.2. The fraction of sp³-hybridized carbons (Fsp3) is 0. The van der Waals surface area contributed by atoms with Crippen LogP contribution in [0.3, 0.4) is 0 Å². The Balaban J connectivity index is 1.00. The molecule has 0 atom stereocenters. The molecular formula is C50H34F2N2. The van der Waals surface area contributed by atoms with E-state index >= 15 is 0 Å². The van der Waals surface area contributed by atoms with Crippen LogP contribution >= 0.6 is 0 Å². The summed E-state index contributed by atoms with van der Waals surface area (Å²) in [6.07, 6.45) is 0. The molecular weight excluding hydrogens is 667 g/mol. The molecule has 2 nitrogen and oxygen atoms in total. The first-order valence-electron chi connectivity index (χ1n) is 18.0. The second-order valence-electron chi connectivity index (χ2n) is 13.3. The highest BCUT2D eigenvalue weighted by atomic mass is 19.1. The first kappa shape index (κ1) is 32.8. The highest BCUT2D eigenvalue weighted by molar-refractivity contribution is 6.00. The number of hydrogen-bond donors (Lipinski definition) is 0. The van der Waals surface area contributed by atoms with Gasteiger partial charge in [0.05, 0.1) is 11.4 Å². The maximum Gasteiger partial charge on any atom is 0.123 e. The fourth-order valence-electron chi connectivity index (χ4n) is 7.30. The van der Waals surface area contributed by atoms with Crippen molar-refractivity contribution in [2.24, 2.45) is 0 Å². The van der Waals surface area contributed by atoms with Gasteiger partial charge in [-0.25, -0.2) is 8.78 Å². The first-order chi connectivity index (χ1) is 26.6. The Bertz CT molecular complexity index is 2500. The molecule has 0 unspecified atom stereocenters. The topological polar surface area (TPSA) is 6.48 Å². The van der Waals surface area contributed by atoms with Crippen LogP contribution in [0.2, 0.25) is 0 Å². The van der Waals surface area contributed by atoms with E-state index in [0.717, 1.165) is 77.9 Å². The van der Waals surface area contributed by atoms with Gasteiger partial charge in [0.25, 0.3) is 0 Å². The van der Waals surface area contributed by atoms with E-state index < -0.39 is 0 Å². The molecule has 0 N–H and O–H groups in total. The highest BCUT2D eigenvalue weighted by Crippen LogP contribution is 2.41. The molecule has 54 heavy (non-hydrogen) atoms. The molecule has 0 aromatic heterocycles. The van der Waals surface area contributed by atoms with Crippen molar-refractivity contribution in [1.82, 2.24) is 0 Å². The number of benzene rings is 9. The average Bonchev–Trinajstić information content (AvgIpc) is 3.23. The fourth-order valence-corrected chi connectivity index (χ4v) is 7.30. The van der Waals surface area contributed by atoms with Crippen molar-refractivity contribution in [1.29, 1.82) is 0 Å². The predicted molar refractivity (Wildman–Crippen MR) is 222 cm³/mol. The number of fused-ring (bicyclic) bond motifs is 2. The van der Waals surface area contributed by atoms with Crippen LogP contribution in [-0.4, -0.2) is 0 Å². The van der Waals surface area contributed by atoms with E-state index in [1.807, 2.05) is 48.5 Å². The van der Waals surface area contributed by atoms with Gasteiger partial charge in [-0.15, -0.1) is 0 Å². The molecule has 0 fully saturated rings. The standard InChI is InChI=1S/C50H34F2N2/c51-41-23-31-45(32-24-41)53(49-13-5-9-39-7-1-3-11-47(39)49)43-27-19-37(20-28-43)35-15-17-36(18-16-35)38-21-29-44(30-22-38)54(46-33-25-42(52)26-34-46)50-14-6-10-40-8-2-4-12-48(40)50/h1-34H. The second kappa shape index (κ2) is 14.2. The quantitative estimate of drug-likeness (QED) is 0.156. The Kier molecular flexibility index (Phi) is 8.62. The molecule has 0 aliphatic carbocycles. The summed E-state index contributed by atoms with van der Waals surface area (Å²) in [5, 5.41) is 4.52.